The van der Waals surface area contributed by atoms with Gasteiger partial charge in [-0.3, -0.25) is 4.79 Å². The summed E-state index contributed by atoms with van der Waals surface area (Å²) in [6, 6.07) is 0. The maximum Gasteiger partial charge on any atom is 0.306 e. The highest BCUT2D eigenvalue weighted by Gasteiger charge is 2.30. The molecule has 2 heteroatoms. The first-order valence-electron chi connectivity index (χ1n) is 3.88. The Morgan fingerprint density at radius 2 is 2.40 bits per heavy atom. The van der Waals surface area contributed by atoms with Crippen LogP contribution < -0.4 is 0 Å². The van der Waals surface area contributed by atoms with Crippen LogP contribution in [0.1, 0.15) is 39.5 Å². The van der Waals surface area contributed by atoms with Gasteiger partial charge in [-0.2, -0.15) is 0 Å². The first-order chi connectivity index (χ1) is 4.66. The Balaban J connectivity index is 2.53. The van der Waals surface area contributed by atoms with Gasteiger partial charge in [0.1, 0.15) is 5.60 Å². The number of rotatable bonds is 1. The third-order valence-electron chi connectivity index (χ3n) is 2.19. The van der Waals surface area contributed by atoms with Gasteiger partial charge in [-0.1, -0.05) is 6.92 Å². The predicted octanol–water partition coefficient (Wildman–Crippen LogP) is 1.88. The second-order valence-corrected chi connectivity index (χ2v) is 3.13. The molecule has 0 aliphatic carbocycles. The first kappa shape index (κ1) is 7.58. The summed E-state index contributed by atoms with van der Waals surface area (Å²) in [7, 11) is 0. The summed E-state index contributed by atoms with van der Waals surface area (Å²) in [6.07, 6.45) is 3.55. The zero-order valence-corrected chi connectivity index (χ0v) is 6.64. The van der Waals surface area contributed by atoms with Crippen LogP contribution in [0.15, 0.2) is 0 Å². The van der Waals surface area contributed by atoms with Crippen molar-refractivity contribution in [3.8, 4) is 0 Å². The Morgan fingerprint density at radius 1 is 1.70 bits per heavy atom. The highest BCUT2D eigenvalue weighted by molar-refractivity contribution is 5.70. The van der Waals surface area contributed by atoms with Gasteiger partial charge >= 0.3 is 5.97 Å². The van der Waals surface area contributed by atoms with Crippen LogP contribution in [0.4, 0.5) is 0 Å². The summed E-state index contributed by atoms with van der Waals surface area (Å²) in [5.41, 5.74) is -0.157. The molecule has 1 aliphatic rings. The molecule has 0 aromatic heterocycles. The third kappa shape index (κ3) is 1.49. The highest BCUT2D eigenvalue weighted by Crippen LogP contribution is 2.27. The van der Waals surface area contributed by atoms with Crippen molar-refractivity contribution < 1.29 is 9.53 Å². The number of carbonyl (C=O) groups is 1. The topological polar surface area (TPSA) is 26.3 Å². The molecular weight excluding hydrogens is 128 g/mol. The Bertz CT molecular complexity index is 142. The van der Waals surface area contributed by atoms with Crippen LogP contribution in [0.5, 0.6) is 0 Å². The standard InChI is InChI=1S/C8H14O2/c1-3-8(2)6-4-5-7(9)10-8/h3-6H2,1-2H3. The first-order valence-corrected chi connectivity index (χ1v) is 3.88. The molecule has 1 rings (SSSR count). The van der Waals surface area contributed by atoms with Gasteiger partial charge in [-0.25, -0.2) is 0 Å². The molecule has 10 heavy (non-hydrogen) atoms. The number of esters is 1. The minimum absolute atomic E-state index is 0.0319. The fraction of sp³-hybridized carbons (Fsp3) is 0.875. The molecular formula is C8H14O2. The van der Waals surface area contributed by atoms with E-state index < -0.39 is 0 Å². The molecule has 1 heterocycles. The van der Waals surface area contributed by atoms with Crippen molar-refractivity contribution in [2.45, 2.75) is 45.1 Å². The molecule has 0 spiro atoms. The SMILES string of the molecule is CCC1(C)CCCC(=O)O1. The van der Waals surface area contributed by atoms with Gasteiger partial charge in [0.15, 0.2) is 0 Å². The average Bonchev–Trinajstić information content (AvgIpc) is 1.88. The van der Waals surface area contributed by atoms with E-state index >= 15 is 0 Å². The molecule has 1 saturated heterocycles. The second kappa shape index (κ2) is 2.60. The maximum atomic E-state index is 10.8. The van der Waals surface area contributed by atoms with E-state index in [2.05, 4.69) is 6.92 Å². The van der Waals surface area contributed by atoms with E-state index in [4.69, 9.17) is 4.74 Å². The minimum Gasteiger partial charge on any atom is -0.459 e. The second-order valence-electron chi connectivity index (χ2n) is 3.13. The molecule has 0 amide bonds. The zero-order valence-electron chi connectivity index (χ0n) is 6.64. The smallest absolute Gasteiger partial charge is 0.306 e. The van der Waals surface area contributed by atoms with Crippen molar-refractivity contribution in [3.05, 3.63) is 0 Å². The Hall–Kier alpha value is -0.530. The summed E-state index contributed by atoms with van der Waals surface area (Å²) < 4.78 is 5.18. The predicted molar refractivity (Wildman–Crippen MR) is 38.6 cm³/mol. The van der Waals surface area contributed by atoms with E-state index in [1.165, 1.54) is 0 Å². The van der Waals surface area contributed by atoms with Crippen LogP contribution in [0.2, 0.25) is 0 Å². The van der Waals surface area contributed by atoms with Crippen molar-refractivity contribution in [2.75, 3.05) is 0 Å². The van der Waals surface area contributed by atoms with Crippen molar-refractivity contribution >= 4 is 5.97 Å². The largest absolute Gasteiger partial charge is 0.459 e. The lowest BCUT2D eigenvalue weighted by Gasteiger charge is -2.31. The van der Waals surface area contributed by atoms with Crippen LogP contribution in [0.3, 0.4) is 0 Å². The molecule has 0 radical (unpaired) electrons. The normalized spacial score (nSPS) is 33.6. The molecule has 0 saturated carbocycles. The van der Waals surface area contributed by atoms with Crippen LogP contribution >= 0.6 is 0 Å². The van der Waals surface area contributed by atoms with E-state index in [-0.39, 0.29) is 11.6 Å². The molecule has 1 unspecified atom stereocenters. The van der Waals surface area contributed by atoms with Crippen LogP contribution in [0, 0.1) is 0 Å². The van der Waals surface area contributed by atoms with Gasteiger partial charge in [-0.05, 0) is 26.2 Å². The molecule has 1 atom stereocenters. The van der Waals surface area contributed by atoms with Gasteiger partial charge < -0.3 is 4.74 Å². The van der Waals surface area contributed by atoms with Crippen LogP contribution in [-0.4, -0.2) is 11.6 Å². The molecule has 58 valence electrons. The number of carbonyl (C=O) groups excluding carboxylic acids is 1. The van der Waals surface area contributed by atoms with Crippen molar-refractivity contribution in [1.82, 2.24) is 0 Å². The van der Waals surface area contributed by atoms with E-state index in [9.17, 15) is 4.79 Å². The van der Waals surface area contributed by atoms with Gasteiger partial charge in [0.05, 0.1) is 0 Å². The van der Waals surface area contributed by atoms with Gasteiger partial charge in [0.2, 0.25) is 0 Å². The molecule has 0 aromatic rings. The number of cyclic esters (lactones) is 1. The molecule has 1 aliphatic heterocycles. The lowest BCUT2D eigenvalue weighted by atomic mass is 9.93. The summed E-state index contributed by atoms with van der Waals surface area (Å²) in [5, 5.41) is 0. The van der Waals surface area contributed by atoms with Crippen molar-refractivity contribution in [1.29, 1.82) is 0 Å². The fourth-order valence-corrected chi connectivity index (χ4v) is 1.23. The summed E-state index contributed by atoms with van der Waals surface area (Å²) >= 11 is 0. The third-order valence-corrected chi connectivity index (χ3v) is 2.19. The number of hydrogen-bond acceptors (Lipinski definition) is 2. The summed E-state index contributed by atoms with van der Waals surface area (Å²) in [6.45, 7) is 4.06. The lowest BCUT2D eigenvalue weighted by Crippen LogP contribution is -2.34. The monoisotopic (exact) mass is 142 g/mol. The summed E-state index contributed by atoms with van der Waals surface area (Å²) in [4.78, 5) is 10.8. The van der Waals surface area contributed by atoms with Crippen LogP contribution in [0.25, 0.3) is 0 Å². The number of ether oxygens (including phenoxy) is 1. The minimum atomic E-state index is -0.157. The van der Waals surface area contributed by atoms with E-state index in [1.54, 1.807) is 0 Å². The van der Waals surface area contributed by atoms with Crippen LogP contribution in [-0.2, 0) is 9.53 Å². The quantitative estimate of drug-likeness (QED) is 0.522. The summed E-state index contributed by atoms with van der Waals surface area (Å²) in [5.74, 6) is -0.0319. The molecule has 0 N–H and O–H groups in total. The lowest BCUT2D eigenvalue weighted by molar-refractivity contribution is -0.165. The highest BCUT2D eigenvalue weighted by atomic mass is 16.6. The van der Waals surface area contributed by atoms with Crippen molar-refractivity contribution in [2.24, 2.45) is 0 Å². The number of hydrogen-bond donors (Lipinski definition) is 0. The van der Waals surface area contributed by atoms with Gasteiger partial charge in [0, 0.05) is 6.42 Å². The van der Waals surface area contributed by atoms with Gasteiger partial charge in [0.25, 0.3) is 0 Å². The molecule has 1 fully saturated rings. The zero-order chi connectivity index (χ0) is 7.61. The van der Waals surface area contributed by atoms with E-state index in [0.29, 0.717) is 6.42 Å². The Labute approximate surface area is 61.6 Å². The molecule has 2 nitrogen and oxygen atoms in total. The Kier molecular flexibility index (Phi) is 1.97. The molecule has 0 aromatic carbocycles. The van der Waals surface area contributed by atoms with E-state index in [1.807, 2.05) is 6.92 Å². The van der Waals surface area contributed by atoms with Crippen molar-refractivity contribution in [3.63, 3.8) is 0 Å². The van der Waals surface area contributed by atoms with E-state index in [0.717, 1.165) is 19.3 Å². The fourth-order valence-electron chi connectivity index (χ4n) is 1.23. The maximum absolute atomic E-state index is 10.8. The molecule has 0 bridgehead atoms. The van der Waals surface area contributed by atoms with Gasteiger partial charge in [-0.15, -0.1) is 0 Å². The average molecular weight is 142 g/mol. The Morgan fingerprint density at radius 3 is 2.80 bits per heavy atom.